The van der Waals surface area contributed by atoms with Crippen molar-refractivity contribution in [3.05, 3.63) is 35.6 Å². The van der Waals surface area contributed by atoms with Crippen molar-refractivity contribution < 1.29 is 4.39 Å². The third kappa shape index (κ3) is 4.57. The molecule has 0 amide bonds. The molecule has 2 rings (SSSR count). The Balaban J connectivity index is 2.00. The van der Waals surface area contributed by atoms with Crippen LogP contribution >= 0.6 is 0 Å². The zero-order valence-electron chi connectivity index (χ0n) is 12.5. The maximum absolute atomic E-state index is 13.3. The van der Waals surface area contributed by atoms with Gasteiger partial charge in [-0.05, 0) is 43.9 Å². The summed E-state index contributed by atoms with van der Waals surface area (Å²) in [5.41, 5.74) is 6.86. The van der Waals surface area contributed by atoms with E-state index in [9.17, 15) is 4.39 Å². The SMILES string of the molecule is CC(CN)(Cc1cccc(F)c1)NC1CCCCCC1. The molecule has 0 saturated heterocycles. The molecular weight excluding hydrogens is 251 g/mol. The summed E-state index contributed by atoms with van der Waals surface area (Å²) in [4.78, 5) is 0. The third-order valence-electron chi connectivity index (χ3n) is 4.34. The van der Waals surface area contributed by atoms with Crippen LogP contribution in [0, 0.1) is 5.82 Å². The average molecular weight is 278 g/mol. The maximum Gasteiger partial charge on any atom is 0.123 e. The number of rotatable bonds is 5. The van der Waals surface area contributed by atoms with E-state index in [4.69, 9.17) is 5.73 Å². The lowest BCUT2D eigenvalue weighted by Crippen LogP contribution is -2.54. The maximum atomic E-state index is 13.3. The van der Waals surface area contributed by atoms with E-state index in [1.807, 2.05) is 6.07 Å². The van der Waals surface area contributed by atoms with E-state index in [0.29, 0.717) is 12.6 Å². The van der Waals surface area contributed by atoms with Crippen molar-refractivity contribution in [1.29, 1.82) is 0 Å². The lowest BCUT2D eigenvalue weighted by Gasteiger charge is -2.34. The van der Waals surface area contributed by atoms with E-state index in [1.54, 1.807) is 12.1 Å². The molecule has 0 aliphatic heterocycles. The quantitative estimate of drug-likeness (QED) is 0.810. The van der Waals surface area contributed by atoms with Crippen LogP contribution < -0.4 is 11.1 Å². The molecule has 1 aromatic carbocycles. The Morgan fingerprint density at radius 2 is 1.95 bits per heavy atom. The summed E-state index contributed by atoms with van der Waals surface area (Å²) in [7, 11) is 0. The fourth-order valence-corrected chi connectivity index (χ4v) is 3.20. The molecule has 1 unspecified atom stereocenters. The van der Waals surface area contributed by atoms with Crippen molar-refractivity contribution in [2.45, 2.75) is 63.5 Å². The molecule has 20 heavy (non-hydrogen) atoms. The second kappa shape index (κ2) is 7.19. The van der Waals surface area contributed by atoms with Crippen LogP contribution in [-0.4, -0.2) is 18.1 Å². The molecule has 3 heteroatoms. The van der Waals surface area contributed by atoms with Crippen LogP contribution in [0.3, 0.4) is 0 Å². The Labute approximate surface area is 121 Å². The molecule has 2 nitrogen and oxygen atoms in total. The molecule has 1 aromatic rings. The molecule has 3 N–H and O–H groups in total. The van der Waals surface area contributed by atoms with Gasteiger partial charge in [0.2, 0.25) is 0 Å². The Hall–Kier alpha value is -0.930. The number of nitrogens with one attached hydrogen (secondary N) is 1. The highest BCUT2D eigenvalue weighted by molar-refractivity contribution is 5.19. The molecule has 0 heterocycles. The fourth-order valence-electron chi connectivity index (χ4n) is 3.20. The van der Waals surface area contributed by atoms with Crippen LogP contribution in [0.25, 0.3) is 0 Å². The van der Waals surface area contributed by atoms with Crippen molar-refractivity contribution in [2.75, 3.05) is 6.54 Å². The van der Waals surface area contributed by atoms with Gasteiger partial charge in [-0.1, -0.05) is 37.8 Å². The van der Waals surface area contributed by atoms with Gasteiger partial charge in [-0.3, -0.25) is 0 Å². The average Bonchev–Trinajstić information content (AvgIpc) is 2.67. The van der Waals surface area contributed by atoms with Crippen molar-refractivity contribution in [3.63, 3.8) is 0 Å². The summed E-state index contributed by atoms with van der Waals surface area (Å²) in [5.74, 6) is -0.170. The number of benzene rings is 1. The highest BCUT2D eigenvalue weighted by Crippen LogP contribution is 2.21. The third-order valence-corrected chi connectivity index (χ3v) is 4.34. The first-order valence-corrected chi connectivity index (χ1v) is 7.83. The minimum Gasteiger partial charge on any atom is -0.329 e. The van der Waals surface area contributed by atoms with E-state index < -0.39 is 0 Å². The van der Waals surface area contributed by atoms with E-state index in [-0.39, 0.29) is 11.4 Å². The molecule has 1 atom stereocenters. The van der Waals surface area contributed by atoms with Gasteiger partial charge < -0.3 is 11.1 Å². The first kappa shape index (κ1) is 15.5. The van der Waals surface area contributed by atoms with Crippen LogP contribution in [0.5, 0.6) is 0 Å². The highest BCUT2D eigenvalue weighted by Gasteiger charge is 2.26. The standard InChI is InChI=1S/C17H27FN2/c1-17(13-19,12-14-7-6-8-15(18)11-14)20-16-9-4-2-3-5-10-16/h6-8,11,16,20H,2-5,9-10,12-13,19H2,1H3. The van der Waals surface area contributed by atoms with Crippen molar-refractivity contribution in [2.24, 2.45) is 5.73 Å². The van der Waals surface area contributed by atoms with Crippen LogP contribution in [0.1, 0.15) is 51.0 Å². The zero-order chi connectivity index (χ0) is 14.4. The monoisotopic (exact) mass is 278 g/mol. The summed E-state index contributed by atoms with van der Waals surface area (Å²) >= 11 is 0. The molecule has 1 aliphatic carbocycles. The lowest BCUT2D eigenvalue weighted by atomic mass is 9.90. The van der Waals surface area contributed by atoms with Gasteiger partial charge in [0, 0.05) is 18.1 Å². The van der Waals surface area contributed by atoms with Gasteiger partial charge in [0.25, 0.3) is 0 Å². The Kier molecular flexibility index (Phi) is 5.55. The second-order valence-electron chi connectivity index (χ2n) is 6.40. The summed E-state index contributed by atoms with van der Waals surface area (Å²) < 4.78 is 13.3. The fraction of sp³-hybridized carbons (Fsp3) is 0.647. The first-order chi connectivity index (χ1) is 9.61. The van der Waals surface area contributed by atoms with Crippen molar-refractivity contribution in [1.82, 2.24) is 5.32 Å². The number of halogens is 1. The van der Waals surface area contributed by atoms with E-state index in [2.05, 4.69) is 12.2 Å². The van der Waals surface area contributed by atoms with Gasteiger partial charge in [-0.15, -0.1) is 0 Å². The van der Waals surface area contributed by atoms with Gasteiger partial charge in [0.1, 0.15) is 5.82 Å². The van der Waals surface area contributed by atoms with Crippen molar-refractivity contribution >= 4 is 0 Å². The van der Waals surface area contributed by atoms with Gasteiger partial charge in [0.15, 0.2) is 0 Å². The van der Waals surface area contributed by atoms with Gasteiger partial charge >= 0.3 is 0 Å². The predicted octanol–water partition coefficient (Wildman–Crippen LogP) is 3.40. The minimum absolute atomic E-state index is 0.150. The molecule has 0 bridgehead atoms. The van der Waals surface area contributed by atoms with E-state index in [1.165, 1.54) is 44.6 Å². The molecule has 112 valence electrons. The molecular formula is C17H27FN2. The number of hydrogen-bond donors (Lipinski definition) is 2. The van der Waals surface area contributed by atoms with Gasteiger partial charge in [0.05, 0.1) is 0 Å². The lowest BCUT2D eigenvalue weighted by molar-refractivity contribution is 0.294. The molecule has 0 radical (unpaired) electrons. The molecule has 0 spiro atoms. The predicted molar refractivity (Wildman–Crippen MR) is 82.2 cm³/mol. The molecule has 1 fully saturated rings. The number of nitrogens with two attached hydrogens (primary N) is 1. The van der Waals surface area contributed by atoms with Crippen molar-refractivity contribution in [3.8, 4) is 0 Å². The summed E-state index contributed by atoms with van der Waals surface area (Å²) in [5, 5.41) is 3.74. The first-order valence-electron chi connectivity index (χ1n) is 7.83. The Bertz CT molecular complexity index is 413. The topological polar surface area (TPSA) is 38.0 Å². The smallest absolute Gasteiger partial charge is 0.123 e. The Morgan fingerprint density at radius 3 is 2.55 bits per heavy atom. The largest absolute Gasteiger partial charge is 0.329 e. The molecule has 0 aromatic heterocycles. The van der Waals surface area contributed by atoms with Crippen LogP contribution in [0.15, 0.2) is 24.3 Å². The van der Waals surface area contributed by atoms with Gasteiger partial charge in [-0.25, -0.2) is 4.39 Å². The second-order valence-corrected chi connectivity index (χ2v) is 6.40. The van der Waals surface area contributed by atoms with Gasteiger partial charge in [-0.2, -0.15) is 0 Å². The zero-order valence-corrected chi connectivity index (χ0v) is 12.5. The highest BCUT2D eigenvalue weighted by atomic mass is 19.1. The summed E-state index contributed by atoms with van der Waals surface area (Å²) in [6, 6.07) is 7.41. The Morgan fingerprint density at radius 1 is 1.25 bits per heavy atom. The van der Waals surface area contributed by atoms with E-state index >= 15 is 0 Å². The summed E-state index contributed by atoms with van der Waals surface area (Å²) in [6.07, 6.45) is 8.55. The normalized spacial score (nSPS) is 20.4. The van der Waals surface area contributed by atoms with Crippen LogP contribution in [0.2, 0.25) is 0 Å². The number of hydrogen-bond acceptors (Lipinski definition) is 2. The summed E-state index contributed by atoms with van der Waals surface area (Å²) in [6.45, 7) is 2.73. The van der Waals surface area contributed by atoms with Crippen LogP contribution in [-0.2, 0) is 6.42 Å². The molecule has 1 saturated carbocycles. The van der Waals surface area contributed by atoms with Crippen LogP contribution in [0.4, 0.5) is 4.39 Å². The van der Waals surface area contributed by atoms with E-state index in [0.717, 1.165) is 12.0 Å². The minimum atomic E-state index is -0.170. The molecule has 1 aliphatic rings.